The fourth-order valence-corrected chi connectivity index (χ4v) is 2.65. The van der Waals surface area contributed by atoms with Gasteiger partial charge in [0.25, 0.3) is 0 Å². The molecule has 7 heteroatoms. The third-order valence-electron chi connectivity index (χ3n) is 3.93. The summed E-state index contributed by atoms with van der Waals surface area (Å²) in [5.74, 6) is -0.0834. The maximum Gasteiger partial charge on any atom is 0.362 e. The predicted octanol–water partition coefficient (Wildman–Crippen LogP) is 2.60. The first-order chi connectivity index (χ1) is 12.1. The largest absolute Gasteiger partial charge is 0.492 e. The van der Waals surface area contributed by atoms with E-state index >= 15 is 0 Å². The van der Waals surface area contributed by atoms with E-state index in [1.165, 1.54) is 0 Å². The molecule has 1 aliphatic heterocycles. The highest BCUT2D eigenvalue weighted by atomic mass is 16.5. The van der Waals surface area contributed by atoms with Crippen LogP contribution in [0, 0.1) is 5.92 Å². The Balaban J connectivity index is 1.75. The van der Waals surface area contributed by atoms with Gasteiger partial charge in [-0.2, -0.15) is 0 Å². The van der Waals surface area contributed by atoms with Gasteiger partial charge in [0.05, 0.1) is 12.5 Å². The van der Waals surface area contributed by atoms with Crippen molar-refractivity contribution in [2.45, 2.75) is 26.7 Å². The van der Waals surface area contributed by atoms with Gasteiger partial charge in [-0.1, -0.05) is 25.1 Å². The molecule has 7 nitrogen and oxygen atoms in total. The average Bonchev–Trinajstić information content (AvgIpc) is 3.04. The molecule has 1 aromatic carbocycles. The molecule has 0 saturated heterocycles. The lowest BCUT2D eigenvalue weighted by atomic mass is 9.96. The zero-order valence-corrected chi connectivity index (χ0v) is 14.2. The van der Waals surface area contributed by atoms with Crippen molar-refractivity contribution in [3.8, 4) is 5.75 Å². The van der Waals surface area contributed by atoms with Crippen LogP contribution < -0.4 is 10.1 Å². The van der Waals surface area contributed by atoms with Gasteiger partial charge >= 0.3 is 5.97 Å². The molecular formula is C18H20N2O5. The average molecular weight is 344 g/mol. The summed E-state index contributed by atoms with van der Waals surface area (Å²) in [7, 11) is 0. The highest BCUT2D eigenvalue weighted by Gasteiger charge is 2.29. The van der Waals surface area contributed by atoms with Crippen molar-refractivity contribution in [1.29, 1.82) is 0 Å². The van der Waals surface area contributed by atoms with Crippen LogP contribution in [0.25, 0.3) is 0 Å². The second-order valence-electron chi connectivity index (χ2n) is 5.67. The molecule has 1 aromatic heterocycles. The molecule has 2 heterocycles. The second-order valence-corrected chi connectivity index (χ2v) is 5.67. The topological polar surface area (TPSA) is 90.7 Å². The van der Waals surface area contributed by atoms with E-state index in [4.69, 9.17) is 13.9 Å². The maximum atomic E-state index is 12.6. The minimum Gasteiger partial charge on any atom is -0.492 e. The van der Waals surface area contributed by atoms with Gasteiger partial charge in [-0.25, -0.2) is 9.78 Å². The zero-order valence-electron chi connectivity index (χ0n) is 14.2. The van der Waals surface area contributed by atoms with Crippen LogP contribution in [0.4, 0.5) is 5.88 Å². The molecule has 1 atom stereocenters. The normalized spacial score (nSPS) is 15.8. The smallest absolute Gasteiger partial charge is 0.362 e. The van der Waals surface area contributed by atoms with Crippen LogP contribution in [0.2, 0.25) is 0 Å². The van der Waals surface area contributed by atoms with Crippen LogP contribution in [0.1, 0.15) is 35.8 Å². The summed E-state index contributed by atoms with van der Waals surface area (Å²) < 4.78 is 16.1. The molecule has 0 bridgehead atoms. The number of hydrogen-bond donors (Lipinski definition) is 1. The van der Waals surface area contributed by atoms with E-state index in [1.807, 2.05) is 31.2 Å². The summed E-state index contributed by atoms with van der Waals surface area (Å²) in [4.78, 5) is 28.7. The minimum atomic E-state index is -0.619. The molecule has 0 radical (unpaired) electrons. The lowest BCUT2D eigenvalue weighted by Gasteiger charge is -2.24. The fourth-order valence-electron chi connectivity index (χ4n) is 2.65. The summed E-state index contributed by atoms with van der Waals surface area (Å²) in [6.07, 6.45) is 1.06. The van der Waals surface area contributed by atoms with E-state index in [9.17, 15) is 9.59 Å². The molecule has 1 amide bonds. The maximum absolute atomic E-state index is 12.6. The molecule has 3 rings (SSSR count). The van der Waals surface area contributed by atoms with Gasteiger partial charge in [0, 0.05) is 6.42 Å². The van der Waals surface area contributed by atoms with E-state index < -0.39 is 5.97 Å². The Labute approximate surface area is 145 Å². The van der Waals surface area contributed by atoms with Gasteiger partial charge in [-0.15, -0.1) is 0 Å². The van der Waals surface area contributed by atoms with Crippen LogP contribution in [0.15, 0.2) is 28.7 Å². The lowest BCUT2D eigenvalue weighted by Crippen LogP contribution is -2.32. The number of carbonyl (C=O) groups excluding carboxylic acids is 2. The van der Waals surface area contributed by atoms with Gasteiger partial charge < -0.3 is 13.9 Å². The van der Waals surface area contributed by atoms with Crippen LogP contribution in [-0.4, -0.2) is 30.1 Å². The molecule has 1 N–H and O–H groups in total. The molecule has 2 aromatic rings. The van der Waals surface area contributed by atoms with Gasteiger partial charge in [0.1, 0.15) is 12.4 Å². The van der Waals surface area contributed by atoms with E-state index in [0.717, 1.165) is 11.3 Å². The van der Waals surface area contributed by atoms with Gasteiger partial charge in [0.2, 0.25) is 17.5 Å². The predicted molar refractivity (Wildman–Crippen MR) is 89.6 cm³/mol. The fraction of sp³-hybridized carbons (Fsp3) is 0.389. The number of aromatic nitrogens is 1. The summed E-state index contributed by atoms with van der Waals surface area (Å²) in [6, 6.07) is 7.62. The number of aryl methyl sites for hydroxylation is 1. The van der Waals surface area contributed by atoms with Crippen LogP contribution in [0.3, 0.4) is 0 Å². The highest BCUT2D eigenvalue weighted by molar-refractivity contribution is 5.99. The number of ether oxygens (including phenoxy) is 2. The lowest BCUT2D eigenvalue weighted by molar-refractivity contribution is -0.121. The number of oxazole rings is 1. The number of hydrogen-bond acceptors (Lipinski definition) is 6. The molecular weight excluding hydrogens is 324 g/mol. The number of nitrogens with one attached hydrogen (secondary N) is 1. The number of benzene rings is 1. The number of carbonyl (C=O) groups is 2. The quantitative estimate of drug-likeness (QED) is 0.839. The van der Waals surface area contributed by atoms with Crippen molar-refractivity contribution < 1.29 is 23.5 Å². The summed E-state index contributed by atoms with van der Waals surface area (Å²) in [6.45, 7) is 4.03. The molecule has 0 saturated carbocycles. The molecule has 132 valence electrons. The molecule has 0 spiro atoms. The molecule has 0 fully saturated rings. The van der Waals surface area contributed by atoms with E-state index in [1.54, 1.807) is 6.92 Å². The summed E-state index contributed by atoms with van der Waals surface area (Å²) in [5.41, 5.74) is 0.968. The number of nitrogens with zero attached hydrogens (tertiary/aromatic N) is 1. The first-order valence-electron chi connectivity index (χ1n) is 8.30. The second kappa shape index (κ2) is 7.38. The minimum absolute atomic E-state index is 0.0100. The summed E-state index contributed by atoms with van der Waals surface area (Å²) >= 11 is 0. The van der Waals surface area contributed by atoms with Crippen LogP contribution in [0.5, 0.6) is 5.75 Å². The first kappa shape index (κ1) is 17.0. The van der Waals surface area contributed by atoms with Crippen molar-refractivity contribution in [3.63, 3.8) is 0 Å². The molecule has 25 heavy (non-hydrogen) atoms. The SMILES string of the molecule is CCOC(=O)c1nc(CC)oc1NC(=O)[C@@H]1COc2ccccc2C1. The zero-order chi connectivity index (χ0) is 17.8. The number of rotatable bonds is 5. The molecule has 0 unspecified atom stereocenters. The van der Waals surface area contributed by atoms with Crippen LogP contribution >= 0.6 is 0 Å². The Hall–Kier alpha value is -2.83. The van der Waals surface area contributed by atoms with Gasteiger partial charge in [-0.05, 0) is 25.0 Å². The Morgan fingerprint density at radius 1 is 1.32 bits per heavy atom. The van der Waals surface area contributed by atoms with Crippen molar-refractivity contribution in [3.05, 3.63) is 41.4 Å². The third kappa shape index (κ3) is 3.65. The van der Waals surface area contributed by atoms with Crippen molar-refractivity contribution >= 4 is 17.8 Å². The van der Waals surface area contributed by atoms with Crippen LogP contribution in [-0.2, 0) is 22.4 Å². The van der Waals surface area contributed by atoms with Gasteiger partial charge in [0.15, 0.2) is 5.89 Å². The monoisotopic (exact) mass is 344 g/mol. The van der Waals surface area contributed by atoms with Crippen molar-refractivity contribution in [2.24, 2.45) is 5.92 Å². The van der Waals surface area contributed by atoms with E-state index in [0.29, 0.717) is 18.7 Å². The number of amides is 1. The van der Waals surface area contributed by atoms with Crippen molar-refractivity contribution in [1.82, 2.24) is 4.98 Å². The first-order valence-corrected chi connectivity index (χ1v) is 8.30. The van der Waals surface area contributed by atoms with E-state index in [2.05, 4.69) is 10.3 Å². The Bertz CT molecular complexity index is 784. The number of esters is 1. The molecule has 1 aliphatic rings. The number of para-hydroxylation sites is 1. The Kier molecular flexibility index (Phi) is 5.02. The van der Waals surface area contributed by atoms with E-state index in [-0.39, 0.29) is 36.6 Å². The van der Waals surface area contributed by atoms with Gasteiger partial charge in [-0.3, -0.25) is 10.1 Å². The standard InChI is InChI=1S/C18H20N2O5/c1-3-14-19-15(18(22)23-4-2)17(25-14)20-16(21)12-9-11-7-5-6-8-13(11)24-10-12/h5-8,12H,3-4,9-10H2,1-2H3,(H,20,21)/t12-/m0/s1. The number of anilines is 1. The Morgan fingerprint density at radius 3 is 2.88 bits per heavy atom. The van der Waals surface area contributed by atoms with Crippen molar-refractivity contribution in [2.75, 3.05) is 18.5 Å². The highest BCUT2D eigenvalue weighted by Crippen LogP contribution is 2.28. The summed E-state index contributed by atoms with van der Waals surface area (Å²) in [5, 5.41) is 2.66. The molecule has 0 aliphatic carbocycles. The third-order valence-corrected chi connectivity index (χ3v) is 3.93. The number of fused-ring (bicyclic) bond motifs is 1. The Morgan fingerprint density at radius 2 is 2.12 bits per heavy atom.